The highest BCUT2D eigenvalue weighted by Crippen LogP contribution is 2.26. The molecule has 0 aromatic carbocycles. The van der Waals surface area contributed by atoms with E-state index in [-0.39, 0.29) is 11.8 Å². The summed E-state index contributed by atoms with van der Waals surface area (Å²) < 4.78 is 7.72. The zero-order chi connectivity index (χ0) is 16.4. The Labute approximate surface area is 141 Å². The van der Waals surface area contributed by atoms with Crippen LogP contribution in [0, 0.1) is 5.92 Å². The number of nitrogens with zero attached hydrogens (tertiary/aromatic N) is 3. The fraction of sp³-hybridized carbons (Fsp3) is 0.556. The molecule has 4 rings (SSSR count). The van der Waals surface area contributed by atoms with Crippen molar-refractivity contribution in [3.63, 3.8) is 0 Å². The lowest BCUT2D eigenvalue weighted by Crippen LogP contribution is -2.34. The summed E-state index contributed by atoms with van der Waals surface area (Å²) in [7, 11) is 0. The third-order valence-electron chi connectivity index (χ3n) is 5.19. The van der Waals surface area contributed by atoms with Crippen LogP contribution in [0.4, 0.5) is 0 Å². The molecule has 0 atom stereocenters. The summed E-state index contributed by atoms with van der Waals surface area (Å²) in [6, 6.07) is 3.95. The lowest BCUT2D eigenvalue weighted by atomic mass is 9.85. The second kappa shape index (κ2) is 6.81. The molecule has 0 radical (unpaired) electrons. The van der Waals surface area contributed by atoms with Crippen molar-refractivity contribution in [3.05, 3.63) is 41.9 Å². The summed E-state index contributed by atoms with van der Waals surface area (Å²) in [6.07, 6.45) is 7.83. The van der Waals surface area contributed by atoms with E-state index in [9.17, 15) is 4.79 Å². The zero-order valence-corrected chi connectivity index (χ0v) is 13.9. The van der Waals surface area contributed by atoms with Crippen molar-refractivity contribution < 1.29 is 9.21 Å². The van der Waals surface area contributed by atoms with Crippen LogP contribution in [0.1, 0.15) is 36.5 Å². The number of hydrogen-bond acceptors (Lipinski definition) is 4. The molecule has 0 spiro atoms. The van der Waals surface area contributed by atoms with E-state index in [1.54, 1.807) is 6.26 Å². The van der Waals surface area contributed by atoms with Crippen LogP contribution in [0.15, 0.2) is 29.0 Å². The van der Waals surface area contributed by atoms with Crippen molar-refractivity contribution in [2.45, 2.75) is 45.3 Å². The first-order chi connectivity index (χ1) is 11.8. The van der Waals surface area contributed by atoms with E-state index in [0.717, 1.165) is 62.7 Å². The molecular formula is C18H24N4O2. The third-order valence-corrected chi connectivity index (χ3v) is 5.19. The molecule has 24 heavy (non-hydrogen) atoms. The maximum Gasteiger partial charge on any atom is 0.223 e. The van der Waals surface area contributed by atoms with Crippen molar-refractivity contribution in [3.8, 4) is 0 Å². The Hall–Kier alpha value is -2.08. The summed E-state index contributed by atoms with van der Waals surface area (Å²) in [6.45, 7) is 4.27. The number of aromatic nitrogens is 2. The van der Waals surface area contributed by atoms with Crippen LogP contribution >= 0.6 is 0 Å². The normalized spacial score (nSPS) is 18.7. The molecule has 128 valence electrons. The number of amides is 1. The van der Waals surface area contributed by atoms with Crippen LogP contribution in [0.5, 0.6) is 0 Å². The Morgan fingerprint density at radius 3 is 3.00 bits per heavy atom. The molecule has 1 aliphatic carbocycles. The van der Waals surface area contributed by atoms with Gasteiger partial charge < -0.3 is 14.3 Å². The fourth-order valence-corrected chi connectivity index (χ4v) is 3.45. The molecule has 1 fully saturated rings. The SMILES string of the molecule is O=C(NCc1cnc2n1CCN(Cc1ccco1)CC2)C1CCC1. The molecule has 2 aromatic rings. The summed E-state index contributed by atoms with van der Waals surface area (Å²) in [4.78, 5) is 19.0. The number of imidazole rings is 1. The molecular weight excluding hydrogens is 304 g/mol. The van der Waals surface area contributed by atoms with Crippen molar-refractivity contribution in [1.29, 1.82) is 0 Å². The molecule has 2 aromatic heterocycles. The first kappa shape index (κ1) is 15.4. The van der Waals surface area contributed by atoms with E-state index in [0.29, 0.717) is 6.54 Å². The van der Waals surface area contributed by atoms with Crippen LogP contribution in [0.2, 0.25) is 0 Å². The van der Waals surface area contributed by atoms with Gasteiger partial charge in [0.05, 0.1) is 31.2 Å². The van der Waals surface area contributed by atoms with Gasteiger partial charge in [0.1, 0.15) is 11.6 Å². The van der Waals surface area contributed by atoms with Gasteiger partial charge in [-0.2, -0.15) is 0 Å². The Morgan fingerprint density at radius 1 is 1.33 bits per heavy atom. The minimum absolute atomic E-state index is 0.199. The molecule has 1 N–H and O–H groups in total. The van der Waals surface area contributed by atoms with Gasteiger partial charge in [0.25, 0.3) is 0 Å². The molecule has 1 saturated carbocycles. The number of rotatable bonds is 5. The van der Waals surface area contributed by atoms with Crippen molar-refractivity contribution in [2.75, 3.05) is 13.1 Å². The van der Waals surface area contributed by atoms with Gasteiger partial charge in [-0.1, -0.05) is 6.42 Å². The van der Waals surface area contributed by atoms with Gasteiger partial charge in [-0.05, 0) is 25.0 Å². The number of carbonyl (C=O) groups excluding carboxylic acids is 1. The number of carbonyl (C=O) groups is 1. The molecule has 6 nitrogen and oxygen atoms in total. The lowest BCUT2D eigenvalue weighted by molar-refractivity contribution is -0.127. The van der Waals surface area contributed by atoms with Crippen molar-refractivity contribution >= 4 is 5.91 Å². The average Bonchev–Trinajstić information content (AvgIpc) is 3.11. The predicted octanol–water partition coefficient (Wildman–Crippen LogP) is 1.95. The van der Waals surface area contributed by atoms with Crippen LogP contribution < -0.4 is 5.32 Å². The maximum absolute atomic E-state index is 12.0. The quantitative estimate of drug-likeness (QED) is 0.911. The van der Waals surface area contributed by atoms with Gasteiger partial charge in [0.15, 0.2) is 0 Å². The lowest BCUT2D eigenvalue weighted by Gasteiger charge is -2.24. The Morgan fingerprint density at radius 2 is 2.25 bits per heavy atom. The van der Waals surface area contributed by atoms with E-state index in [4.69, 9.17) is 4.42 Å². The molecule has 3 heterocycles. The zero-order valence-electron chi connectivity index (χ0n) is 13.9. The highest BCUT2D eigenvalue weighted by molar-refractivity contribution is 5.79. The van der Waals surface area contributed by atoms with Crippen molar-refractivity contribution in [2.24, 2.45) is 5.92 Å². The third kappa shape index (κ3) is 3.24. The predicted molar refractivity (Wildman–Crippen MR) is 89.1 cm³/mol. The van der Waals surface area contributed by atoms with Crippen LogP contribution in [0.3, 0.4) is 0 Å². The Kier molecular flexibility index (Phi) is 4.38. The summed E-state index contributed by atoms with van der Waals surface area (Å²) >= 11 is 0. The molecule has 0 saturated heterocycles. The minimum atomic E-state index is 0.199. The van der Waals surface area contributed by atoms with E-state index < -0.39 is 0 Å². The number of nitrogens with one attached hydrogen (secondary N) is 1. The monoisotopic (exact) mass is 328 g/mol. The Bertz CT molecular complexity index is 688. The number of hydrogen-bond donors (Lipinski definition) is 1. The molecule has 0 bridgehead atoms. The van der Waals surface area contributed by atoms with Crippen LogP contribution in [-0.2, 0) is 30.8 Å². The standard InChI is InChI=1S/C18H24N4O2/c23-18(14-3-1-4-14)20-12-15-11-19-17-6-7-21(8-9-22(15)17)13-16-5-2-10-24-16/h2,5,10-11,14H,1,3-4,6-9,12-13H2,(H,20,23). The average molecular weight is 328 g/mol. The smallest absolute Gasteiger partial charge is 0.223 e. The summed E-state index contributed by atoms with van der Waals surface area (Å²) in [5, 5.41) is 3.08. The maximum atomic E-state index is 12.0. The van der Waals surface area contributed by atoms with Gasteiger partial charge in [0.2, 0.25) is 5.91 Å². The summed E-state index contributed by atoms with van der Waals surface area (Å²) in [5.41, 5.74) is 1.11. The largest absolute Gasteiger partial charge is 0.468 e. The Balaban J connectivity index is 1.35. The van der Waals surface area contributed by atoms with Crippen molar-refractivity contribution in [1.82, 2.24) is 19.8 Å². The first-order valence-corrected chi connectivity index (χ1v) is 8.85. The van der Waals surface area contributed by atoms with E-state index in [2.05, 4.69) is 19.8 Å². The van der Waals surface area contributed by atoms with Crippen LogP contribution in [0.25, 0.3) is 0 Å². The van der Waals surface area contributed by atoms with E-state index >= 15 is 0 Å². The number of furan rings is 1. The van der Waals surface area contributed by atoms with E-state index in [1.807, 2.05) is 18.3 Å². The van der Waals surface area contributed by atoms with Gasteiger partial charge in [0, 0.05) is 32.0 Å². The molecule has 1 amide bonds. The molecule has 0 unspecified atom stereocenters. The minimum Gasteiger partial charge on any atom is -0.468 e. The molecule has 1 aliphatic heterocycles. The fourth-order valence-electron chi connectivity index (χ4n) is 3.45. The summed E-state index contributed by atoms with van der Waals surface area (Å²) in [5.74, 6) is 2.55. The second-order valence-corrected chi connectivity index (χ2v) is 6.77. The highest BCUT2D eigenvalue weighted by atomic mass is 16.3. The van der Waals surface area contributed by atoms with Gasteiger partial charge in [-0.25, -0.2) is 4.98 Å². The number of fused-ring (bicyclic) bond motifs is 1. The van der Waals surface area contributed by atoms with E-state index in [1.165, 1.54) is 6.42 Å². The van der Waals surface area contributed by atoms with Gasteiger partial charge in [-0.3, -0.25) is 9.69 Å². The second-order valence-electron chi connectivity index (χ2n) is 6.77. The molecule has 2 aliphatic rings. The van der Waals surface area contributed by atoms with Gasteiger partial charge in [-0.15, -0.1) is 0 Å². The van der Waals surface area contributed by atoms with Gasteiger partial charge >= 0.3 is 0 Å². The first-order valence-electron chi connectivity index (χ1n) is 8.85. The molecule has 6 heteroatoms. The van der Waals surface area contributed by atoms with Crippen LogP contribution in [-0.4, -0.2) is 33.4 Å². The highest BCUT2D eigenvalue weighted by Gasteiger charge is 2.25. The topological polar surface area (TPSA) is 63.3 Å².